The lowest BCUT2D eigenvalue weighted by Gasteiger charge is -2.31. The van der Waals surface area contributed by atoms with Crippen LogP contribution in [0, 0.1) is 0 Å². The van der Waals surface area contributed by atoms with E-state index in [0.29, 0.717) is 33.7 Å². The molecule has 1 fully saturated rings. The highest BCUT2D eigenvalue weighted by Crippen LogP contribution is 2.40. The van der Waals surface area contributed by atoms with Gasteiger partial charge in [0, 0.05) is 37.8 Å². The molecule has 0 atom stereocenters. The average molecular weight is 439 g/mol. The molecule has 0 radical (unpaired) electrons. The third-order valence-corrected chi connectivity index (χ3v) is 5.66. The first-order valence-corrected chi connectivity index (χ1v) is 10.5. The summed E-state index contributed by atoms with van der Waals surface area (Å²) in [6.07, 6.45) is -1.27. The summed E-state index contributed by atoms with van der Waals surface area (Å²) in [5.74, 6) is 1.10. The number of fused-ring (bicyclic) bond motifs is 1. The van der Waals surface area contributed by atoms with Crippen molar-refractivity contribution in [2.75, 3.05) is 25.0 Å². The molecule has 0 amide bonds. The predicted octanol–water partition coefficient (Wildman–Crippen LogP) is 5.49. The Hall–Kier alpha value is -3.42. The van der Waals surface area contributed by atoms with Crippen LogP contribution in [0.2, 0.25) is 0 Å². The Bertz CT molecular complexity index is 1150. The minimum atomic E-state index is -4.46. The van der Waals surface area contributed by atoms with Crippen LogP contribution < -0.4 is 10.3 Å². The Balaban J connectivity index is 2.12. The SMILES string of the molecule is C=NNC(=NC)c1c(N2CCCCC2)nc2ccc(C(F)(F)F)cc2c1-c1ccccc1. The number of pyridine rings is 1. The van der Waals surface area contributed by atoms with Crippen LogP contribution in [0.3, 0.4) is 0 Å². The second kappa shape index (κ2) is 8.98. The monoisotopic (exact) mass is 439 g/mol. The second-order valence-electron chi connectivity index (χ2n) is 7.67. The van der Waals surface area contributed by atoms with Crippen molar-refractivity contribution in [2.24, 2.45) is 10.1 Å². The molecule has 8 heteroatoms. The Labute approximate surface area is 184 Å². The van der Waals surface area contributed by atoms with Crippen molar-refractivity contribution in [3.05, 3.63) is 59.7 Å². The fourth-order valence-corrected chi connectivity index (χ4v) is 4.18. The van der Waals surface area contributed by atoms with Crippen LogP contribution in [0.15, 0.2) is 58.6 Å². The van der Waals surface area contributed by atoms with Gasteiger partial charge >= 0.3 is 6.18 Å². The van der Waals surface area contributed by atoms with E-state index in [4.69, 9.17) is 4.98 Å². The quantitative estimate of drug-likeness (QED) is 0.332. The number of hydrazone groups is 1. The normalized spacial score (nSPS) is 15.1. The van der Waals surface area contributed by atoms with Gasteiger partial charge in [0.25, 0.3) is 0 Å². The second-order valence-corrected chi connectivity index (χ2v) is 7.67. The highest BCUT2D eigenvalue weighted by molar-refractivity contribution is 6.14. The molecule has 166 valence electrons. The Morgan fingerprint density at radius 1 is 1.06 bits per heavy atom. The lowest BCUT2D eigenvalue weighted by Crippen LogP contribution is -2.33. The molecular formula is C24H24F3N5. The van der Waals surface area contributed by atoms with E-state index < -0.39 is 11.7 Å². The number of halogens is 3. The van der Waals surface area contributed by atoms with Crippen molar-refractivity contribution < 1.29 is 13.2 Å². The van der Waals surface area contributed by atoms with Crippen LogP contribution in [0.5, 0.6) is 0 Å². The zero-order valence-electron chi connectivity index (χ0n) is 17.8. The molecule has 1 N–H and O–H groups in total. The summed E-state index contributed by atoms with van der Waals surface area (Å²) in [6, 6.07) is 13.1. The maximum atomic E-state index is 13.6. The van der Waals surface area contributed by atoms with Crippen LogP contribution in [-0.2, 0) is 6.18 Å². The van der Waals surface area contributed by atoms with Crippen molar-refractivity contribution in [1.29, 1.82) is 0 Å². The van der Waals surface area contributed by atoms with E-state index in [2.05, 4.69) is 27.1 Å². The third-order valence-electron chi connectivity index (χ3n) is 5.66. The number of nitrogens with one attached hydrogen (secondary N) is 1. The van der Waals surface area contributed by atoms with Crippen molar-refractivity contribution >= 4 is 29.3 Å². The number of benzene rings is 2. The molecule has 5 nitrogen and oxygen atoms in total. The van der Waals surface area contributed by atoms with E-state index >= 15 is 0 Å². The van der Waals surface area contributed by atoms with E-state index in [9.17, 15) is 13.2 Å². The summed E-state index contributed by atoms with van der Waals surface area (Å²) in [7, 11) is 1.61. The van der Waals surface area contributed by atoms with E-state index in [-0.39, 0.29) is 0 Å². The number of hydrogen-bond acceptors (Lipinski definition) is 4. The summed E-state index contributed by atoms with van der Waals surface area (Å²) >= 11 is 0. The van der Waals surface area contributed by atoms with Gasteiger partial charge in [0.05, 0.1) is 16.6 Å². The minimum absolute atomic E-state index is 0.409. The number of aliphatic imine (C=N–C) groups is 1. The summed E-state index contributed by atoms with van der Waals surface area (Å²) in [5, 5.41) is 4.19. The first kappa shape index (κ1) is 21.8. The van der Waals surface area contributed by atoms with Crippen LogP contribution in [0.25, 0.3) is 22.0 Å². The lowest BCUT2D eigenvalue weighted by molar-refractivity contribution is -0.137. The molecule has 3 aromatic rings. The summed E-state index contributed by atoms with van der Waals surface area (Å²) in [6.45, 7) is 5.14. The molecule has 32 heavy (non-hydrogen) atoms. The molecular weight excluding hydrogens is 415 g/mol. The van der Waals surface area contributed by atoms with Gasteiger partial charge in [0.15, 0.2) is 5.84 Å². The van der Waals surface area contributed by atoms with Gasteiger partial charge < -0.3 is 4.90 Å². The van der Waals surface area contributed by atoms with Crippen molar-refractivity contribution in [2.45, 2.75) is 25.4 Å². The van der Waals surface area contributed by atoms with Gasteiger partial charge in [-0.2, -0.15) is 18.3 Å². The number of hydrogen-bond donors (Lipinski definition) is 1. The van der Waals surface area contributed by atoms with Crippen molar-refractivity contribution in [3.8, 4) is 11.1 Å². The molecule has 1 saturated heterocycles. The maximum absolute atomic E-state index is 13.6. The van der Waals surface area contributed by atoms with E-state index in [1.165, 1.54) is 12.1 Å². The predicted molar refractivity (Wildman–Crippen MR) is 123 cm³/mol. The largest absolute Gasteiger partial charge is 0.416 e. The van der Waals surface area contributed by atoms with Crippen LogP contribution in [-0.4, -0.2) is 37.7 Å². The highest BCUT2D eigenvalue weighted by atomic mass is 19.4. The maximum Gasteiger partial charge on any atom is 0.416 e. The van der Waals surface area contributed by atoms with Gasteiger partial charge in [-0.15, -0.1) is 0 Å². The molecule has 1 aliphatic rings. The molecule has 4 rings (SSSR count). The topological polar surface area (TPSA) is 52.9 Å². The molecule has 0 unspecified atom stereocenters. The fourth-order valence-electron chi connectivity index (χ4n) is 4.18. The first-order valence-electron chi connectivity index (χ1n) is 10.5. The van der Waals surface area contributed by atoms with Crippen LogP contribution in [0.1, 0.15) is 30.4 Å². The fraction of sp³-hybridized carbons (Fsp3) is 0.292. The molecule has 2 heterocycles. The van der Waals surface area contributed by atoms with Crippen LogP contribution in [0.4, 0.5) is 19.0 Å². The minimum Gasteiger partial charge on any atom is -0.356 e. The van der Waals surface area contributed by atoms with Gasteiger partial charge in [-0.1, -0.05) is 30.3 Å². The smallest absolute Gasteiger partial charge is 0.356 e. The van der Waals surface area contributed by atoms with Crippen molar-refractivity contribution in [3.63, 3.8) is 0 Å². The first-order chi connectivity index (χ1) is 15.4. The third kappa shape index (κ3) is 4.17. The summed E-state index contributed by atoms with van der Waals surface area (Å²) < 4.78 is 40.7. The molecule has 0 spiro atoms. The van der Waals surface area contributed by atoms with Gasteiger partial charge in [-0.3, -0.25) is 10.4 Å². The van der Waals surface area contributed by atoms with Gasteiger partial charge in [-0.25, -0.2) is 4.98 Å². The molecule has 1 aromatic heterocycles. The Morgan fingerprint density at radius 3 is 2.41 bits per heavy atom. The number of aromatic nitrogens is 1. The van der Waals surface area contributed by atoms with Gasteiger partial charge in [0.2, 0.25) is 0 Å². The zero-order valence-corrected chi connectivity index (χ0v) is 17.8. The Kier molecular flexibility index (Phi) is 6.12. The number of nitrogens with zero attached hydrogens (tertiary/aromatic N) is 4. The van der Waals surface area contributed by atoms with E-state index in [0.717, 1.165) is 44.0 Å². The number of amidine groups is 1. The van der Waals surface area contributed by atoms with Gasteiger partial charge in [-0.05, 0) is 43.0 Å². The average Bonchev–Trinajstić information content (AvgIpc) is 2.81. The van der Waals surface area contributed by atoms with E-state index in [1.54, 1.807) is 7.05 Å². The number of rotatable bonds is 4. The summed E-state index contributed by atoms with van der Waals surface area (Å²) in [5.41, 5.74) is 4.65. The molecule has 0 bridgehead atoms. The Morgan fingerprint density at radius 2 is 1.78 bits per heavy atom. The summed E-state index contributed by atoms with van der Waals surface area (Å²) in [4.78, 5) is 11.4. The molecule has 0 aliphatic carbocycles. The van der Waals surface area contributed by atoms with E-state index in [1.807, 2.05) is 30.3 Å². The van der Waals surface area contributed by atoms with Gasteiger partial charge in [0.1, 0.15) is 5.82 Å². The van der Waals surface area contributed by atoms with Crippen LogP contribution >= 0.6 is 0 Å². The van der Waals surface area contributed by atoms with Crippen molar-refractivity contribution in [1.82, 2.24) is 10.4 Å². The standard InChI is InChI=1S/C24H24F3N5/c1-28-22(31-29-2)21-20(16-9-5-3-6-10-16)18-15-17(24(25,26)27)11-12-19(18)30-23(21)32-13-7-4-8-14-32/h3,5-6,9-12,15H,2,4,7-8,13-14H2,1H3,(H,28,31). The number of alkyl halides is 3. The number of piperidine rings is 1. The highest BCUT2D eigenvalue weighted by Gasteiger charge is 2.32. The lowest BCUT2D eigenvalue weighted by atomic mass is 9.93. The number of anilines is 1. The zero-order chi connectivity index (χ0) is 22.7. The molecule has 0 saturated carbocycles. The molecule has 1 aliphatic heterocycles. The molecule has 2 aromatic carbocycles.